The molecule has 1 aliphatic heterocycles. The molecule has 2 aromatic rings. The van der Waals surface area contributed by atoms with Crippen molar-refractivity contribution in [3.63, 3.8) is 0 Å². The van der Waals surface area contributed by atoms with Crippen molar-refractivity contribution in [2.45, 2.75) is 20.4 Å². The Bertz CT molecular complexity index is 719. The summed E-state index contributed by atoms with van der Waals surface area (Å²) in [5, 5.41) is 6.45. The lowest BCUT2D eigenvalue weighted by Crippen LogP contribution is -2.43. The van der Waals surface area contributed by atoms with Crippen molar-refractivity contribution < 1.29 is 4.39 Å². The first-order valence-corrected chi connectivity index (χ1v) is 8.44. The van der Waals surface area contributed by atoms with Crippen LogP contribution in [0.4, 0.5) is 4.39 Å². The number of hydrazone groups is 1. The summed E-state index contributed by atoms with van der Waals surface area (Å²) in [6.07, 6.45) is 1.62. The average molecular weight is 325 g/mol. The van der Waals surface area contributed by atoms with Gasteiger partial charge in [-0.1, -0.05) is 42.0 Å². The third-order valence-electron chi connectivity index (χ3n) is 4.51. The first kappa shape index (κ1) is 16.7. The molecule has 0 radical (unpaired) electrons. The standard InChI is InChI=1S/C20H24FN3/c1-16-7-8-19(17(2)13-16)15-23-9-11-24(12-10-23)22-14-18-5-3-4-6-20(18)21/h3-8,13-14H,9-12,15H2,1-2H3/b22-14-. The van der Waals surface area contributed by atoms with Crippen molar-refractivity contribution in [3.05, 3.63) is 70.5 Å². The quantitative estimate of drug-likeness (QED) is 0.800. The van der Waals surface area contributed by atoms with Crippen molar-refractivity contribution in [2.24, 2.45) is 5.10 Å². The summed E-state index contributed by atoms with van der Waals surface area (Å²) in [5.74, 6) is -0.227. The molecule has 3 nitrogen and oxygen atoms in total. The minimum Gasteiger partial charge on any atom is -0.295 e. The highest BCUT2D eigenvalue weighted by Gasteiger charge is 2.16. The molecule has 0 aromatic heterocycles. The molecule has 0 atom stereocenters. The summed E-state index contributed by atoms with van der Waals surface area (Å²) in [5.41, 5.74) is 4.60. The van der Waals surface area contributed by atoms with Crippen LogP contribution >= 0.6 is 0 Å². The molecule has 4 heteroatoms. The van der Waals surface area contributed by atoms with Gasteiger partial charge in [-0.2, -0.15) is 5.10 Å². The van der Waals surface area contributed by atoms with Gasteiger partial charge in [0.1, 0.15) is 5.82 Å². The van der Waals surface area contributed by atoms with E-state index >= 15 is 0 Å². The molecule has 2 aromatic carbocycles. The fraction of sp³-hybridized carbons (Fsp3) is 0.350. The Hall–Kier alpha value is -2.20. The number of hydrogen-bond donors (Lipinski definition) is 0. The maximum Gasteiger partial charge on any atom is 0.132 e. The Balaban J connectivity index is 1.53. The number of benzene rings is 2. The van der Waals surface area contributed by atoms with Gasteiger partial charge in [0.05, 0.1) is 6.21 Å². The van der Waals surface area contributed by atoms with Gasteiger partial charge in [0, 0.05) is 38.3 Å². The average Bonchev–Trinajstić information content (AvgIpc) is 2.58. The first-order valence-electron chi connectivity index (χ1n) is 8.44. The van der Waals surface area contributed by atoms with Crippen molar-refractivity contribution >= 4 is 6.21 Å². The number of hydrogen-bond acceptors (Lipinski definition) is 3. The molecule has 0 aliphatic carbocycles. The predicted octanol–water partition coefficient (Wildman–Crippen LogP) is 3.59. The molecule has 1 saturated heterocycles. The van der Waals surface area contributed by atoms with Crippen molar-refractivity contribution in [3.8, 4) is 0 Å². The highest BCUT2D eigenvalue weighted by Crippen LogP contribution is 2.14. The van der Waals surface area contributed by atoms with Crippen LogP contribution in [0.5, 0.6) is 0 Å². The van der Waals surface area contributed by atoms with Gasteiger partial charge in [-0.15, -0.1) is 0 Å². The van der Waals surface area contributed by atoms with Crippen LogP contribution in [0.2, 0.25) is 0 Å². The third-order valence-corrected chi connectivity index (χ3v) is 4.51. The van der Waals surface area contributed by atoms with E-state index < -0.39 is 0 Å². The molecule has 0 spiro atoms. The minimum atomic E-state index is -0.227. The zero-order chi connectivity index (χ0) is 16.9. The van der Waals surface area contributed by atoms with Gasteiger partial charge < -0.3 is 0 Å². The van der Waals surface area contributed by atoms with Gasteiger partial charge in [-0.25, -0.2) is 4.39 Å². The monoisotopic (exact) mass is 325 g/mol. The number of halogens is 1. The van der Waals surface area contributed by atoms with Crippen LogP contribution < -0.4 is 0 Å². The second-order valence-corrected chi connectivity index (χ2v) is 6.43. The summed E-state index contributed by atoms with van der Waals surface area (Å²) >= 11 is 0. The Kier molecular flexibility index (Phi) is 5.26. The topological polar surface area (TPSA) is 18.8 Å². The van der Waals surface area contributed by atoms with Gasteiger partial charge in [0.2, 0.25) is 0 Å². The SMILES string of the molecule is Cc1ccc(CN2CCN(/N=C\c3ccccc3F)CC2)c(C)c1. The molecule has 1 heterocycles. The Morgan fingerprint density at radius 3 is 2.50 bits per heavy atom. The van der Waals surface area contributed by atoms with E-state index in [4.69, 9.17) is 0 Å². The number of piperazine rings is 1. The summed E-state index contributed by atoms with van der Waals surface area (Å²) in [4.78, 5) is 2.45. The van der Waals surface area contributed by atoms with E-state index in [0.717, 1.165) is 32.7 Å². The van der Waals surface area contributed by atoms with Gasteiger partial charge in [0.15, 0.2) is 0 Å². The van der Waals surface area contributed by atoms with Crippen LogP contribution in [0.25, 0.3) is 0 Å². The second-order valence-electron chi connectivity index (χ2n) is 6.43. The van der Waals surface area contributed by atoms with Crippen LogP contribution in [0, 0.1) is 19.7 Å². The van der Waals surface area contributed by atoms with Crippen molar-refractivity contribution in [1.29, 1.82) is 0 Å². The molecule has 0 saturated carbocycles. The normalized spacial score (nSPS) is 16.0. The highest BCUT2D eigenvalue weighted by atomic mass is 19.1. The van der Waals surface area contributed by atoms with E-state index in [1.165, 1.54) is 22.8 Å². The lowest BCUT2D eigenvalue weighted by Gasteiger charge is -2.33. The van der Waals surface area contributed by atoms with Gasteiger partial charge in [-0.05, 0) is 31.0 Å². The van der Waals surface area contributed by atoms with Crippen LogP contribution in [-0.4, -0.2) is 42.3 Å². The fourth-order valence-electron chi connectivity index (χ4n) is 3.00. The predicted molar refractivity (Wildman–Crippen MR) is 96.8 cm³/mol. The molecule has 0 N–H and O–H groups in total. The summed E-state index contributed by atoms with van der Waals surface area (Å²) in [6.45, 7) is 8.98. The molecular weight excluding hydrogens is 301 g/mol. The Morgan fingerprint density at radius 2 is 1.79 bits per heavy atom. The molecule has 0 unspecified atom stereocenters. The van der Waals surface area contributed by atoms with Crippen molar-refractivity contribution in [2.75, 3.05) is 26.2 Å². The minimum absolute atomic E-state index is 0.227. The molecule has 24 heavy (non-hydrogen) atoms. The van der Waals surface area contributed by atoms with E-state index in [-0.39, 0.29) is 5.82 Å². The zero-order valence-electron chi connectivity index (χ0n) is 14.4. The van der Waals surface area contributed by atoms with Crippen LogP contribution in [0.3, 0.4) is 0 Å². The van der Waals surface area contributed by atoms with E-state index in [9.17, 15) is 4.39 Å². The maximum absolute atomic E-state index is 13.6. The van der Waals surface area contributed by atoms with Crippen LogP contribution in [-0.2, 0) is 6.54 Å². The molecule has 1 aliphatic rings. The third kappa shape index (κ3) is 4.20. The number of nitrogens with zero attached hydrogens (tertiary/aromatic N) is 3. The Labute approximate surface area is 143 Å². The van der Waals surface area contributed by atoms with E-state index in [2.05, 4.69) is 42.0 Å². The maximum atomic E-state index is 13.6. The van der Waals surface area contributed by atoms with Crippen molar-refractivity contribution in [1.82, 2.24) is 9.91 Å². The van der Waals surface area contributed by atoms with Crippen LogP contribution in [0.1, 0.15) is 22.3 Å². The fourth-order valence-corrected chi connectivity index (χ4v) is 3.00. The molecule has 0 bridgehead atoms. The van der Waals surface area contributed by atoms with E-state index in [0.29, 0.717) is 5.56 Å². The van der Waals surface area contributed by atoms with E-state index in [1.807, 2.05) is 11.1 Å². The molecule has 126 valence electrons. The molecule has 1 fully saturated rings. The smallest absolute Gasteiger partial charge is 0.132 e. The lowest BCUT2D eigenvalue weighted by atomic mass is 10.1. The van der Waals surface area contributed by atoms with E-state index in [1.54, 1.807) is 18.3 Å². The number of aryl methyl sites for hydroxylation is 2. The summed E-state index contributed by atoms with van der Waals surface area (Å²) < 4.78 is 13.6. The zero-order valence-corrected chi connectivity index (χ0v) is 14.4. The van der Waals surface area contributed by atoms with Gasteiger partial charge in [0.25, 0.3) is 0 Å². The lowest BCUT2D eigenvalue weighted by molar-refractivity contribution is 0.131. The second kappa shape index (κ2) is 7.58. The van der Waals surface area contributed by atoms with Gasteiger partial charge >= 0.3 is 0 Å². The highest BCUT2D eigenvalue weighted by molar-refractivity contribution is 5.79. The molecule has 3 rings (SSSR count). The number of rotatable bonds is 4. The first-order chi connectivity index (χ1) is 11.6. The van der Waals surface area contributed by atoms with Gasteiger partial charge in [-0.3, -0.25) is 9.91 Å². The molecular formula is C20H24FN3. The van der Waals surface area contributed by atoms with Crippen LogP contribution in [0.15, 0.2) is 47.6 Å². The summed E-state index contributed by atoms with van der Waals surface area (Å²) in [7, 11) is 0. The molecule has 0 amide bonds. The Morgan fingerprint density at radius 1 is 1.04 bits per heavy atom. The summed E-state index contributed by atoms with van der Waals surface area (Å²) in [6, 6.07) is 13.4. The largest absolute Gasteiger partial charge is 0.295 e.